The van der Waals surface area contributed by atoms with E-state index in [0.29, 0.717) is 5.75 Å². The van der Waals surface area contributed by atoms with Crippen LogP contribution in [0.2, 0.25) is 0 Å². The Labute approximate surface area is 103 Å². The zero-order chi connectivity index (χ0) is 13.7. The Morgan fingerprint density at radius 1 is 1.33 bits per heavy atom. The number of urea groups is 1. The summed E-state index contributed by atoms with van der Waals surface area (Å²) in [6.07, 6.45) is 0. The number of anilines is 1. The molecule has 8 nitrogen and oxygen atoms in total. The number of rotatable bonds is 3. The number of carbonyl (C=O) groups is 1. The monoisotopic (exact) mass is 254 g/mol. The summed E-state index contributed by atoms with van der Waals surface area (Å²) >= 11 is 0. The van der Waals surface area contributed by atoms with Crippen LogP contribution in [-0.2, 0) is 0 Å². The molecule has 0 spiro atoms. The largest absolute Gasteiger partial charge is 0.504 e. The SMILES string of the molecule is COc1ccc(O)c(OC)c1NC(=O)N=C(N)N. The molecular formula is C10H14N4O4. The van der Waals surface area contributed by atoms with Crippen molar-refractivity contribution >= 4 is 17.7 Å². The molecule has 98 valence electrons. The van der Waals surface area contributed by atoms with Crippen LogP contribution in [0.5, 0.6) is 17.2 Å². The highest BCUT2D eigenvalue weighted by Gasteiger charge is 2.16. The molecule has 0 aliphatic heterocycles. The second-order valence-corrected chi connectivity index (χ2v) is 3.16. The lowest BCUT2D eigenvalue weighted by Gasteiger charge is -2.13. The Morgan fingerprint density at radius 3 is 2.50 bits per heavy atom. The molecule has 0 saturated heterocycles. The number of hydrogen-bond acceptors (Lipinski definition) is 4. The summed E-state index contributed by atoms with van der Waals surface area (Å²) in [7, 11) is 2.74. The highest BCUT2D eigenvalue weighted by atomic mass is 16.5. The molecule has 0 radical (unpaired) electrons. The van der Waals surface area contributed by atoms with Gasteiger partial charge in [-0.05, 0) is 12.1 Å². The molecule has 0 fully saturated rings. The lowest BCUT2D eigenvalue weighted by molar-refractivity contribution is 0.259. The lowest BCUT2D eigenvalue weighted by Crippen LogP contribution is -2.25. The van der Waals surface area contributed by atoms with Crippen LogP contribution >= 0.6 is 0 Å². The van der Waals surface area contributed by atoms with Crippen molar-refractivity contribution in [3.05, 3.63) is 12.1 Å². The van der Waals surface area contributed by atoms with Crippen LogP contribution in [0.15, 0.2) is 17.1 Å². The van der Waals surface area contributed by atoms with Gasteiger partial charge in [0.1, 0.15) is 11.4 Å². The van der Waals surface area contributed by atoms with Crippen LogP contribution in [0.25, 0.3) is 0 Å². The minimum Gasteiger partial charge on any atom is -0.504 e. The summed E-state index contributed by atoms with van der Waals surface area (Å²) in [5, 5.41) is 11.9. The summed E-state index contributed by atoms with van der Waals surface area (Å²) in [5.74, 6) is -0.193. The molecule has 18 heavy (non-hydrogen) atoms. The van der Waals surface area contributed by atoms with Gasteiger partial charge in [-0.1, -0.05) is 0 Å². The Bertz CT molecular complexity index is 483. The number of aliphatic imine (C=N–C) groups is 1. The Balaban J connectivity index is 3.16. The second-order valence-electron chi connectivity index (χ2n) is 3.16. The van der Waals surface area contributed by atoms with Crippen molar-refractivity contribution in [1.29, 1.82) is 0 Å². The summed E-state index contributed by atoms with van der Waals surface area (Å²) in [4.78, 5) is 14.7. The van der Waals surface area contributed by atoms with E-state index in [0.717, 1.165) is 0 Å². The zero-order valence-corrected chi connectivity index (χ0v) is 9.93. The number of carbonyl (C=O) groups excluding carboxylic acids is 1. The van der Waals surface area contributed by atoms with Gasteiger partial charge in [0.15, 0.2) is 17.5 Å². The first-order valence-corrected chi connectivity index (χ1v) is 4.84. The van der Waals surface area contributed by atoms with Crippen molar-refractivity contribution in [3.63, 3.8) is 0 Å². The fraction of sp³-hybridized carbons (Fsp3) is 0.200. The molecule has 1 rings (SSSR count). The number of guanidine groups is 1. The van der Waals surface area contributed by atoms with Gasteiger partial charge in [-0.15, -0.1) is 0 Å². The first-order chi connectivity index (χ1) is 8.49. The Hall–Kier alpha value is -2.64. The van der Waals surface area contributed by atoms with Gasteiger partial charge in [0.25, 0.3) is 0 Å². The quantitative estimate of drug-likeness (QED) is 0.450. The topological polar surface area (TPSA) is 132 Å². The van der Waals surface area contributed by atoms with E-state index >= 15 is 0 Å². The number of nitrogens with zero attached hydrogens (tertiary/aromatic N) is 1. The van der Waals surface area contributed by atoms with Crippen molar-refractivity contribution in [1.82, 2.24) is 0 Å². The molecule has 0 bridgehead atoms. The van der Waals surface area contributed by atoms with Crippen molar-refractivity contribution < 1.29 is 19.4 Å². The molecule has 6 N–H and O–H groups in total. The number of ether oxygens (including phenoxy) is 2. The molecular weight excluding hydrogens is 240 g/mol. The van der Waals surface area contributed by atoms with Crippen molar-refractivity contribution in [2.45, 2.75) is 0 Å². The van der Waals surface area contributed by atoms with Gasteiger partial charge in [-0.3, -0.25) is 5.32 Å². The Kier molecular flexibility index (Phi) is 4.19. The van der Waals surface area contributed by atoms with Crippen molar-refractivity contribution in [2.24, 2.45) is 16.5 Å². The summed E-state index contributed by atoms with van der Waals surface area (Å²) in [6, 6.07) is 2.02. The van der Waals surface area contributed by atoms with Gasteiger partial charge in [0, 0.05) is 0 Å². The predicted octanol–water partition coefficient (Wildman–Crippen LogP) is 0.215. The van der Waals surface area contributed by atoms with Crippen LogP contribution in [0.3, 0.4) is 0 Å². The summed E-state index contributed by atoms with van der Waals surface area (Å²) in [5.41, 5.74) is 10.3. The molecule has 0 aromatic heterocycles. The predicted molar refractivity (Wildman–Crippen MR) is 66.0 cm³/mol. The molecule has 8 heteroatoms. The van der Waals surface area contributed by atoms with Crippen LogP contribution in [-0.4, -0.2) is 31.3 Å². The third kappa shape index (κ3) is 2.94. The maximum Gasteiger partial charge on any atom is 0.348 e. The van der Waals surface area contributed by atoms with Crippen LogP contribution in [0, 0.1) is 0 Å². The van der Waals surface area contributed by atoms with Gasteiger partial charge in [-0.2, -0.15) is 4.99 Å². The van der Waals surface area contributed by atoms with Crippen molar-refractivity contribution in [2.75, 3.05) is 19.5 Å². The fourth-order valence-electron chi connectivity index (χ4n) is 1.30. The molecule has 1 aromatic rings. The van der Waals surface area contributed by atoms with Gasteiger partial charge in [0.05, 0.1) is 14.2 Å². The van der Waals surface area contributed by atoms with Crippen LogP contribution < -0.4 is 26.3 Å². The van der Waals surface area contributed by atoms with E-state index in [4.69, 9.17) is 20.9 Å². The minimum atomic E-state index is -0.808. The number of hydrogen-bond donors (Lipinski definition) is 4. The van der Waals surface area contributed by atoms with E-state index in [1.807, 2.05) is 0 Å². The van der Waals surface area contributed by atoms with Gasteiger partial charge < -0.3 is 26.0 Å². The molecule has 0 saturated carbocycles. The number of phenolic OH excluding ortho intramolecular Hbond substituents is 1. The number of phenols is 1. The van der Waals surface area contributed by atoms with Gasteiger partial charge >= 0.3 is 6.03 Å². The lowest BCUT2D eigenvalue weighted by atomic mass is 10.2. The average Bonchev–Trinajstić information content (AvgIpc) is 2.28. The highest BCUT2D eigenvalue weighted by Crippen LogP contribution is 2.41. The minimum absolute atomic E-state index is 0.0495. The molecule has 0 heterocycles. The summed E-state index contributed by atoms with van der Waals surface area (Å²) in [6.45, 7) is 0. The average molecular weight is 254 g/mol. The number of methoxy groups -OCH3 is 2. The smallest absolute Gasteiger partial charge is 0.348 e. The number of nitrogens with two attached hydrogens (primary N) is 2. The number of benzene rings is 1. The summed E-state index contributed by atoms with van der Waals surface area (Å²) < 4.78 is 10.0. The zero-order valence-electron chi connectivity index (χ0n) is 9.93. The molecule has 0 atom stereocenters. The molecule has 0 unspecified atom stereocenters. The van der Waals surface area contributed by atoms with E-state index in [1.54, 1.807) is 0 Å². The van der Waals surface area contributed by atoms with E-state index in [2.05, 4.69) is 10.3 Å². The van der Waals surface area contributed by atoms with Crippen LogP contribution in [0.1, 0.15) is 0 Å². The number of amides is 2. The fourth-order valence-corrected chi connectivity index (χ4v) is 1.30. The van der Waals surface area contributed by atoms with Crippen LogP contribution in [0.4, 0.5) is 10.5 Å². The third-order valence-corrected chi connectivity index (χ3v) is 1.99. The van der Waals surface area contributed by atoms with Crippen molar-refractivity contribution in [3.8, 4) is 17.2 Å². The maximum atomic E-state index is 11.4. The molecule has 1 aromatic carbocycles. The molecule has 2 amide bonds. The number of aromatic hydroxyl groups is 1. The maximum absolute atomic E-state index is 11.4. The van der Waals surface area contributed by atoms with E-state index < -0.39 is 6.03 Å². The van der Waals surface area contributed by atoms with Gasteiger partial charge in [-0.25, -0.2) is 4.79 Å². The van der Waals surface area contributed by atoms with E-state index in [9.17, 15) is 9.90 Å². The first-order valence-electron chi connectivity index (χ1n) is 4.84. The Morgan fingerprint density at radius 2 is 2.00 bits per heavy atom. The van der Waals surface area contributed by atoms with E-state index in [-0.39, 0.29) is 23.1 Å². The third-order valence-electron chi connectivity index (χ3n) is 1.99. The second kappa shape index (κ2) is 5.62. The van der Waals surface area contributed by atoms with E-state index in [1.165, 1.54) is 26.4 Å². The van der Waals surface area contributed by atoms with Gasteiger partial charge in [0.2, 0.25) is 0 Å². The normalized spacial score (nSPS) is 9.44. The first kappa shape index (κ1) is 13.4. The molecule has 0 aliphatic rings. The highest BCUT2D eigenvalue weighted by molar-refractivity contribution is 6.00. The number of nitrogens with one attached hydrogen (secondary N) is 1. The standard InChI is InChI=1S/C10H14N4O4/c1-17-6-4-3-5(15)8(18-2)7(6)13-10(16)14-9(11)12/h3-4,15H,1-2H3,(H5,11,12,13,14,16). The molecule has 0 aliphatic carbocycles.